The van der Waals surface area contributed by atoms with E-state index in [1.54, 1.807) is 0 Å². The number of benzene rings is 1. The number of hydrogen-bond acceptors (Lipinski definition) is 2. The van der Waals surface area contributed by atoms with Gasteiger partial charge in [-0.1, -0.05) is 56.7 Å². The molecule has 1 atom stereocenters. The monoisotopic (exact) mass is 277 g/mol. The van der Waals surface area contributed by atoms with Crippen molar-refractivity contribution in [1.82, 2.24) is 5.32 Å². The first-order valence-electron chi connectivity index (χ1n) is 8.13. The van der Waals surface area contributed by atoms with Crippen molar-refractivity contribution >= 4 is 0 Å². The molecule has 0 aliphatic carbocycles. The first-order chi connectivity index (χ1) is 9.72. The number of rotatable bonds is 10. The Hall–Kier alpha value is -1.02. The first-order valence-corrected chi connectivity index (χ1v) is 8.13. The van der Waals surface area contributed by atoms with E-state index in [4.69, 9.17) is 4.74 Å². The Kier molecular flexibility index (Phi) is 8.36. The van der Waals surface area contributed by atoms with Crippen LogP contribution in [0.15, 0.2) is 18.2 Å². The number of aryl methyl sites for hydroxylation is 1. The molecule has 20 heavy (non-hydrogen) atoms. The van der Waals surface area contributed by atoms with E-state index >= 15 is 0 Å². The Morgan fingerprint density at radius 3 is 2.50 bits per heavy atom. The van der Waals surface area contributed by atoms with Gasteiger partial charge in [-0.15, -0.1) is 0 Å². The van der Waals surface area contributed by atoms with Crippen molar-refractivity contribution in [2.75, 3.05) is 13.7 Å². The average molecular weight is 277 g/mol. The lowest BCUT2D eigenvalue weighted by Crippen LogP contribution is -2.17. The van der Waals surface area contributed by atoms with Gasteiger partial charge in [-0.3, -0.25) is 0 Å². The second kappa shape index (κ2) is 9.82. The highest BCUT2D eigenvalue weighted by molar-refractivity contribution is 5.39. The van der Waals surface area contributed by atoms with Gasteiger partial charge in [-0.05, 0) is 33.4 Å². The predicted molar refractivity (Wildman–Crippen MR) is 87.5 cm³/mol. The highest BCUT2D eigenvalue weighted by Crippen LogP contribution is 2.29. The molecule has 0 aromatic heterocycles. The summed E-state index contributed by atoms with van der Waals surface area (Å²) in [5.41, 5.74) is 2.61. The number of ether oxygens (including phenoxy) is 1. The Morgan fingerprint density at radius 2 is 1.85 bits per heavy atom. The fourth-order valence-corrected chi connectivity index (χ4v) is 2.63. The van der Waals surface area contributed by atoms with Crippen molar-refractivity contribution < 1.29 is 4.74 Å². The van der Waals surface area contributed by atoms with Gasteiger partial charge in [0, 0.05) is 11.6 Å². The van der Waals surface area contributed by atoms with Crippen LogP contribution >= 0.6 is 0 Å². The standard InChI is InChI=1S/C18H31NO/c1-5-7-8-9-10-11-17(19-4)16-14-15(3)12-13-18(16)20-6-2/h12-14,17,19H,5-11H2,1-4H3. The summed E-state index contributed by atoms with van der Waals surface area (Å²) < 4.78 is 5.78. The van der Waals surface area contributed by atoms with Crippen molar-refractivity contribution in [3.63, 3.8) is 0 Å². The third kappa shape index (κ3) is 5.54. The molecule has 0 heterocycles. The molecule has 0 aliphatic rings. The molecular formula is C18H31NO. The molecule has 0 saturated carbocycles. The minimum atomic E-state index is 0.401. The predicted octanol–water partition coefficient (Wildman–Crippen LogP) is 5.01. The van der Waals surface area contributed by atoms with Gasteiger partial charge >= 0.3 is 0 Å². The second-order valence-corrected chi connectivity index (χ2v) is 5.52. The molecule has 0 saturated heterocycles. The molecular weight excluding hydrogens is 246 g/mol. The van der Waals surface area contributed by atoms with E-state index in [1.165, 1.54) is 49.7 Å². The molecule has 1 aromatic rings. The van der Waals surface area contributed by atoms with Gasteiger partial charge < -0.3 is 10.1 Å². The molecule has 0 fully saturated rings. The van der Waals surface area contributed by atoms with E-state index in [2.05, 4.69) is 44.4 Å². The highest BCUT2D eigenvalue weighted by Gasteiger charge is 2.14. The third-order valence-electron chi connectivity index (χ3n) is 3.79. The molecule has 1 unspecified atom stereocenters. The minimum Gasteiger partial charge on any atom is -0.494 e. The molecule has 0 radical (unpaired) electrons. The molecule has 0 spiro atoms. The maximum absolute atomic E-state index is 5.78. The quantitative estimate of drug-likeness (QED) is 0.607. The Balaban J connectivity index is 2.65. The van der Waals surface area contributed by atoms with Crippen LogP contribution in [0.4, 0.5) is 0 Å². The topological polar surface area (TPSA) is 21.3 Å². The molecule has 1 N–H and O–H groups in total. The first kappa shape index (κ1) is 17.0. The van der Waals surface area contributed by atoms with Crippen LogP contribution in [0.1, 0.15) is 69.5 Å². The van der Waals surface area contributed by atoms with Crippen LogP contribution in [-0.4, -0.2) is 13.7 Å². The zero-order valence-electron chi connectivity index (χ0n) is 13.7. The van der Waals surface area contributed by atoms with Crippen molar-refractivity contribution in [3.05, 3.63) is 29.3 Å². The summed E-state index contributed by atoms with van der Waals surface area (Å²) in [6, 6.07) is 6.90. The molecule has 1 rings (SSSR count). The summed E-state index contributed by atoms with van der Waals surface area (Å²) in [4.78, 5) is 0. The normalized spacial score (nSPS) is 12.4. The van der Waals surface area contributed by atoms with E-state index in [-0.39, 0.29) is 0 Å². The Morgan fingerprint density at radius 1 is 1.10 bits per heavy atom. The van der Waals surface area contributed by atoms with Gasteiger partial charge in [-0.2, -0.15) is 0 Å². The summed E-state index contributed by atoms with van der Waals surface area (Å²) in [5, 5.41) is 3.46. The lowest BCUT2D eigenvalue weighted by Gasteiger charge is -2.20. The minimum absolute atomic E-state index is 0.401. The van der Waals surface area contributed by atoms with Gasteiger partial charge in [0.05, 0.1) is 6.61 Å². The molecule has 0 amide bonds. The summed E-state index contributed by atoms with van der Waals surface area (Å²) in [6.45, 7) is 7.18. The largest absolute Gasteiger partial charge is 0.494 e. The molecule has 2 nitrogen and oxygen atoms in total. The summed E-state index contributed by atoms with van der Waals surface area (Å²) in [5.74, 6) is 1.03. The van der Waals surface area contributed by atoms with Crippen LogP contribution in [0.25, 0.3) is 0 Å². The van der Waals surface area contributed by atoms with E-state index in [9.17, 15) is 0 Å². The van der Waals surface area contributed by atoms with Crippen LogP contribution in [0.3, 0.4) is 0 Å². The fraction of sp³-hybridized carbons (Fsp3) is 0.667. The Bertz CT molecular complexity index is 376. The zero-order valence-corrected chi connectivity index (χ0v) is 13.7. The SMILES string of the molecule is CCCCCCCC(NC)c1cc(C)ccc1OCC. The number of unbranched alkanes of at least 4 members (excludes halogenated alkanes) is 4. The summed E-state index contributed by atoms with van der Waals surface area (Å²) >= 11 is 0. The van der Waals surface area contributed by atoms with Crippen LogP contribution in [0.2, 0.25) is 0 Å². The van der Waals surface area contributed by atoms with Crippen LogP contribution in [-0.2, 0) is 0 Å². The van der Waals surface area contributed by atoms with E-state index in [1.807, 2.05) is 6.92 Å². The van der Waals surface area contributed by atoms with E-state index in [0.717, 1.165) is 12.4 Å². The lowest BCUT2D eigenvalue weighted by atomic mass is 9.97. The smallest absolute Gasteiger partial charge is 0.124 e. The third-order valence-corrected chi connectivity index (χ3v) is 3.79. The van der Waals surface area contributed by atoms with Crippen molar-refractivity contribution in [2.45, 2.75) is 65.3 Å². The molecule has 114 valence electrons. The fourth-order valence-electron chi connectivity index (χ4n) is 2.63. The van der Waals surface area contributed by atoms with Crippen LogP contribution < -0.4 is 10.1 Å². The van der Waals surface area contributed by atoms with Crippen molar-refractivity contribution in [3.8, 4) is 5.75 Å². The van der Waals surface area contributed by atoms with Crippen LogP contribution in [0.5, 0.6) is 5.75 Å². The van der Waals surface area contributed by atoms with Crippen molar-refractivity contribution in [2.24, 2.45) is 0 Å². The lowest BCUT2D eigenvalue weighted by molar-refractivity contribution is 0.330. The highest BCUT2D eigenvalue weighted by atomic mass is 16.5. The average Bonchev–Trinajstić information content (AvgIpc) is 2.45. The number of nitrogens with one attached hydrogen (secondary N) is 1. The zero-order chi connectivity index (χ0) is 14.8. The number of hydrogen-bond donors (Lipinski definition) is 1. The van der Waals surface area contributed by atoms with Crippen LogP contribution in [0, 0.1) is 6.92 Å². The maximum Gasteiger partial charge on any atom is 0.124 e. The second-order valence-electron chi connectivity index (χ2n) is 5.52. The van der Waals surface area contributed by atoms with Gasteiger partial charge in [0.25, 0.3) is 0 Å². The summed E-state index contributed by atoms with van der Waals surface area (Å²) in [6.07, 6.45) is 7.83. The maximum atomic E-state index is 5.78. The summed E-state index contributed by atoms with van der Waals surface area (Å²) in [7, 11) is 2.05. The molecule has 0 bridgehead atoms. The van der Waals surface area contributed by atoms with Gasteiger partial charge in [0.2, 0.25) is 0 Å². The van der Waals surface area contributed by atoms with E-state index < -0.39 is 0 Å². The molecule has 2 heteroatoms. The van der Waals surface area contributed by atoms with Crippen molar-refractivity contribution in [1.29, 1.82) is 0 Å². The molecule has 0 aliphatic heterocycles. The van der Waals surface area contributed by atoms with Gasteiger partial charge in [0.1, 0.15) is 5.75 Å². The van der Waals surface area contributed by atoms with E-state index in [0.29, 0.717) is 6.04 Å². The Labute approximate surface area is 124 Å². The van der Waals surface area contributed by atoms with Gasteiger partial charge in [0.15, 0.2) is 0 Å². The molecule has 1 aromatic carbocycles. The van der Waals surface area contributed by atoms with Gasteiger partial charge in [-0.25, -0.2) is 0 Å².